The number of ether oxygens (including phenoxy) is 1. The van der Waals surface area contributed by atoms with Gasteiger partial charge in [-0.25, -0.2) is 0 Å². The first kappa shape index (κ1) is 9.97. The van der Waals surface area contributed by atoms with Crippen LogP contribution in [0.2, 0.25) is 0 Å². The summed E-state index contributed by atoms with van der Waals surface area (Å²) in [5.74, 6) is 1.15. The minimum absolute atomic E-state index is 0.297. The maximum absolute atomic E-state index is 9.46. The molecule has 0 aliphatic carbocycles. The summed E-state index contributed by atoms with van der Waals surface area (Å²) in [6, 6.07) is 15.5. The molecular weight excluding hydrogens is 212 g/mol. The number of fused-ring (bicyclic) bond motifs is 3. The number of methoxy groups -OCH3 is 1. The predicted octanol–water partition coefficient (Wildman–Crippen LogP) is 3.71. The van der Waals surface area contributed by atoms with Crippen LogP contribution in [-0.4, -0.2) is 12.2 Å². The lowest BCUT2D eigenvalue weighted by atomic mass is 10.0. The van der Waals surface area contributed by atoms with E-state index in [9.17, 15) is 5.11 Å². The molecule has 0 unspecified atom stereocenters. The van der Waals surface area contributed by atoms with Crippen LogP contribution in [0, 0.1) is 0 Å². The largest absolute Gasteiger partial charge is 0.508 e. The van der Waals surface area contributed by atoms with E-state index in [1.54, 1.807) is 19.2 Å². The third-order valence-electron chi connectivity index (χ3n) is 3.03. The molecule has 2 nitrogen and oxygen atoms in total. The lowest BCUT2D eigenvalue weighted by Crippen LogP contribution is -1.83. The van der Waals surface area contributed by atoms with Gasteiger partial charge in [0.15, 0.2) is 0 Å². The molecule has 0 radical (unpaired) electrons. The van der Waals surface area contributed by atoms with Crippen molar-refractivity contribution >= 4 is 21.5 Å². The zero-order valence-electron chi connectivity index (χ0n) is 9.47. The van der Waals surface area contributed by atoms with E-state index in [0.29, 0.717) is 5.75 Å². The Morgan fingerprint density at radius 1 is 0.824 bits per heavy atom. The molecule has 0 saturated heterocycles. The third-order valence-corrected chi connectivity index (χ3v) is 3.03. The SMILES string of the molecule is COc1ccc2c(ccc3cc(O)ccc32)c1. The van der Waals surface area contributed by atoms with Crippen LogP contribution in [-0.2, 0) is 0 Å². The van der Waals surface area contributed by atoms with Crippen LogP contribution in [0.25, 0.3) is 21.5 Å². The fourth-order valence-corrected chi connectivity index (χ4v) is 2.16. The van der Waals surface area contributed by atoms with E-state index < -0.39 is 0 Å². The standard InChI is InChI=1S/C15H12O2/c1-17-13-5-7-15-11(9-13)3-2-10-8-12(16)4-6-14(10)15/h2-9,16H,1H3. The molecule has 3 rings (SSSR count). The van der Waals surface area contributed by atoms with Crippen LogP contribution in [0.15, 0.2) is 48.5 Å². The minimum atomic E-state index is 0.297. The molecule has 3 aromatic rings. The molecule has 1 N–H and O–H groups in total. The summed E-state index contributed by atoms with van der Waals surface area (Å²) in [6.07, 6.45) is 0. The number of phenolic OH excluding ortho intramolecular Hbond substituents is 1. The van der Waals surface area contributed by atoms with Crippen molar-refractivity contribution in [2.45, 2.75) is 0 Å². The summed E-state index contributed by atoms with van der Waals surface area (Å²) in [5.41, 5.74) is 0. The van der Waals surface area contributed by atoms with Gasteiger partial charge in [-0.1, -0.05) is 24.3 Å². The van der Waals surface area contributed by atoms with Crippen LogP contribution in [0.3, 0.4) is 0 Å². The first-order chi connectivity index (χ1) is 8.28. The summed E-state index contributed by atoms with van der Waals surface area (Å²) in [4.78, 5) is 0. The van der Waals surface area contributed by atoms with Crippen molar-refractivity contribution in [2.24, 2.45) is 0 Å². The number of rotatable bonds is 1. The van der Waals surface area contributed by atoms with Gasteiger partial charge in [0.1, 0.15) is 11.5 Å². The Hall–Kier alpha value is -2.22. The first-order valence-corrected chi connectivity index (χ1v) is 5.47. The van der Waals surface area contributed by atoms with Crippen LogP contribution in [0.5, 0.6) is 11.5 Å². The lowest BCUT2D eigenvalue weighted by Gasteiger charge is -2.06. The molecule has 17 heavy (non-hydrogen) atoms. The van der Waals surface area contributed by atoms with Crippen molar-refractivity contribution in [1.29, 1.82) is 0 Å². The zero-order chi connectivity index (χ0) is 11.8. The van der Waals surface area contributed by atoms with Gasteiger partial charge in [0.25, 0.3) is 0 Å². The summed E-state index contributed by atoms with van der Waals surface area (Å²) < 4.78 is 5.21. The number of benzene rings is 3. The van der Waals surface area contributed by atoms with E-state index >= 15 is 0 Å². The van der Waals surface area contributed by atoms with Crippen molar-refractivity contribution in [2.75, 3.05) is 7.11 Å². The molecule has 0 aliphatic heterocycles. The van der Waals surface area contributed by atoms with E-state index in [1.807, 2.05) is 36.4 Å². The maximum atomic E-state index is 9.46. The molecule has 0 aliphatic rings. The molecular formula is C15H12O2. The summed E-state index contributed by atoms with van der Waals surface area (Å²) in [5, 5.41) is 14.0. The van der Waals surface area contributed by atoms with Crippen molar-refractivity contribution in [3.63, 3.8) is 0 Å². The zero-order valence-corrected chi connectivity index (χ0v) is 9.47. The summed E-state index contributed by atoms with van der Waals surface area (Å²) in [7, 11) is 1.67. The Labute approximate surface area is 99.1 Å². The first-order valence-electron chi connectivity index (χ1n) is 5.47. The van der Waals surface area contributed by atoms with Gasteiger partial charge in [-0.05, 0) is 45.8 Å². The Morgan fingerprint density at radius 2 is 1.47 bits per heavy atom. The Morgan fingerprint density at radius 3 is 2.18 bits per heavy atom. The Balaban J connectivity index is 2.40. The van der Waals surface area contributed by atoms with Crippen LogP contribution in [0.1, 0.15) is 0 Å². The van der Waals surface area contributed by atoms with Crippen molar-refractivity contribution in [3.05, 3.63) is 48.5 Å². The molecule has 0 atom stereocenters. The normalized spacial score (nSPS) is 10.9. The molecule has 2 heteroatoms. The van der Waals surface area contributed by atoms with Crippen molar-refractivity contribution in [1.82, 2.24) is 0 Å². The summed E-state index contributed by atoms with van der Waals surface area (Å²) in [6.45, 7) is 0. The molecule has 84 valence electrons. The van der Waals surface area contributed by atoms with E-state index in [0.717, 1.165) is 21.9 Å². The maximum Gasteiger partial charge on any atom is 0.119 e. The second-order valence-electron chi connectivity index (χ2n) is 4.06. The third kappa shape index (κ3) is 1.58. The highest BCUT2D eigenvalue weighted by Gasteiger charge is 2.02. The highest BCUT2D eigenvalue weighted by atomic mass is 16.5. The van der Waals surface area contributed by atoms with Crippen LogP contribution < -0.4 is 4.74 Å². The smallest absolute Gasteiger partial charge is 0.119 e. The minimum Gasteiger partial charge on any atom is -0.508 e. The number of hydrogen-bond acceptors (Lipinski definition) is 2. The molecule has 0 saturated carbocycles. The van der Waals surface area contributed by atoms with E-state index in [1.165, 1.54) is 5.39 Å². The second kappa shape index (κ2) is 3.67. The fourth-order valence-electron chi connectivity index (χ4n) is 2.16. The van der Waals surface area contributed by atoms with Gasteiger partial charge in [-0.3, -0.25) is 0 Å². The number of aromatic hydroxyl groups is 1. The van der Waals surface area contributed by atoms with Gasteiger partial charge >= 0.3 is 0 Å². The van der Waals surface area contributed by atoms with Crippen LogP contribution >= 0.6 is 0 Å². The summed E-state index contributed by atoms with van der Waals surface area (Å²) >= 11 is 0. The fraction of sp³-hybridized carbons (Fsp3) is 0.0667. The molecule has 0 spiro atoms. The van der Waals surface area contributed by atoms with E-state index in [4.69, 9.17) is 4.74 Å². The Bertz CT molecular complexity index is 702. The highest BCUT2D eigenvalue weighted by molar-refractivity contribution is 6.08. The van der Waals surface area contributed by atoms with Gasteiger partial charge in [0.2, 0.25) is 0 Å². The molecule has 0 amide bonds. The average Bonchev–Trinajstić information content (AvgIpc) is 2.37. The van der Waals surface area contributed by atoms with E-state index in [-0.39, 0.29) is 0 Å². The van der Waals surface area contributed by atoms with Gasteiger partial charge in [0.05, 0.1) is 7.11 Å². The van der Waals surface area contributed by atoms with Gasteiger partial charge < -0.3 is 9.84 Å². The quantitative estimate of drug-likeness (QED) is 0.638. The number of phenols is 1. The topological polar surface area (TPSA) is 29.5 Å². The van der Waals surface area contributed by atoms with E-state index in [2.05, 4.69) is 0 Å². The average molecular weight is 224 g/mol. The highest BCUT2D eigenvalue weighted by Crippen LogP contribution is 2.30. The number of hydrogen-bond donors (Lipinski definition) is 1. The predicted molar refractivity (Wildman–Crippen MR) is 69.7 cm³/mol. The lowest BCUT2D eigenvalue weighted by molar-refractivity contribution is 0.415. The van der Waals surface area contributed by atoms with Crippen molar-refractivity contribution < 1.29 is 9.84 Å². The Kier molecular flexibility index (Phi) is 2.15. The van der Waals surface area contributed by atoms with Crippen LogP contribution in [0.4, 0.5) is 0 Å². The molecule has 0 heterocycles. The molecule has 0 bridgehead atoms. The molecule has 3 aromatic carbocycles. The van der Waals surface area contributed by atoms with Gasteiger partial charge in [-0.15, -0.1) is 0 Å². The van der Waals surface area contributed by atoms with Gasteiger partial charge in [0, 0.05) is 0 Å². The second-order valence-corrected chi connectivity index (χ2v) is 4.06. The van der Waals surface area contributed by atoms with Crippen molar-refractivity contribution in [3.8, 4) is 11.5 Å². The monoisotopic (exact) mass is 224 g/mol. The molecule has 0 fully saturated rings. The van der Waals surface area contributed by atoms with Gasteiger partial charge in [-0.2, -0.15) is 0 Å². The molecule has 0 aromatic heterocycles.